The minimum absolute atomic E-state index is 0.186. The lowest BCUT2D eigenvalue weighted by Gasteiger charge is -2.35. The predicted octanol–water partition coefficient (Wildman–Crippen LogP) is 3.50. The molecule has 0 spiro atoms. The van der Waals surface area contributed by atoms with Crippen molar-refractivity contribution in [2.45, 2.75) is 6.04 Å². The number of hydrogen-bond donors (Lipinski definition) is 1. The molecule has 2 heterocycles. The van der Waals surface area contributed by atoms with Crippen LogP contribution in [0.4, 0.5) is 10.1 Å². The third kappa shape index (κ3) is 5.30. The van der Waals surface area contributed by atoms with Gasteiger partial charge >= 0.3 is 0 Å². The van der Waals surface area contributed by atoms with E-state index < -0.39 is 0 Å². The van der Waals surface area contributed by atoms with Crippen LogP contribution in [-0.2, 0) is 4.74 Å². The number of anilines is 1. The maximum atomic E-state index is 13.9. The monoisotopic (exact) mass is 451 g/mol. The highest BCUT2D eigenvalue weighted by Crippen LogP contribution is 2.24. The van der Waals surface area contributed by atoms with Gasteiger partial charge in [-0.05, 0) is 42.0 Å². The first-order valence-corrected chi connectivity index (χ1v) is 10.8. The number of carbonyl (C=O) groups excluding carboxylic acids is 2. The lowest BCUT2D eigenvalue weighted by molar-refractivity contribution is 0.0162. The maximum Gasteiger partial charge on any atom is 0.293 e. The quantitative estimate of drug-likeness (QED) is 0.595. The summed E-state index contributed by atoms with van der Waals surface area (Å²) in [5.74, 6) is -0.808. The van der Waals surface area contributed by atoms with Gasteiger partial charge in [0.15, 0.2) is 5.76 Å². The molecule has 1 aromatic heterocycles. The largest absolute Gasteiger partial charge is 0.459 e. The Bertz CT molecular complexity index is 1100. The average Bonchev–Trinajstić information content (AvgIpc) is 3.39. The van der Waals surface area contributed by atoms with Crippen molar-refractivity contribution in [3.63, 3.8) is 0 Å². The van der Waals surface area contributed by atoms with E-state index in [1.807, 2.05) is 6.07 Å². The molecule has 4 rings (SSSR count). The molecule has 8 heteroatoms. The molecule has 1 unspecified atom stereocenters. The highest BCUT2D eigenvalue weighted by Gasteiger charge is 2.25. The number of ether oxygens (including phenoxy) is 1. The Morgan fingerprint density at radius 3 is 2.61 bits per heavy atom. The van der Waals surface area contributed by atoms with E-state index in [2.05, 4.69) is 10.2 Å². The summed E-state index contributed by atoms with van der Waals surface area (Å²) in [5.41, 5.74) is 1.61. The van der Waals surface area contributed by atoms with Crippen LogP contribution in [0.2, 0.25) is 0 Å². The van der Waals surface area contributed by atoms with E-state index in [1.165, 1.54) is 23.3 Å². The molecule has 0 saturated carbocycles. The van der Waals surface area contributed by atoms with Gasteiger partial charge in [-0.1, -0.05) is 24.3 Å². The fourth-order valence-corrected chi connectivity index (χ4v) is 3.98. The van der Waals surface area contributed by atoms with Crippen molar-refractivity contribution in [2.75, 3.05) is 44.8 Å². The molecule has 0 aliphatic carbocycles. The first-order chi connectivity index (χ1) is 16.0. The molecule has 0 bridgehead atoms. The summed E-state index contributed by atoms with van der Waals surface area (Å²) in [6, 6.07) is 16.3. The van der Waals surface area contributed by atoms with Crippen LogP contribution < -0.4 is 10.2 Å². The minimum Gasteiger partial charge on any atom is -0.459 e. The number of hydrogen-bond acceptors (Lipinski definition) is 5. The number of morpholine rings is 1. The second-order valence-corrected chi connectivity index (χ2v) is 7.79. The molecule has 1 atom stereocenters. The van der Waals surface area contributed by atoms with Gasteiger partial charge in [-0.3, -0.25) is 14.5 Å². The number of amides is 2. The smallest absolute Gasteiger partial charge is 0.293 e. The van der Waals surface area contributed by atoms with E-state index in [9.17, 15) is 14.0 Å². The Labute approximate surface area is 191 Å². The molecule has 1 saturated heterocycles. The number of benzene rings is 2. The minimum atomic E-state index is -0.355. The third-order valence-electron chi connectivity index (χ3n) is 5.72. The molecule has 0 radical (unpaired) electrons. The van der Waals surface area contributed by atoms with Gasteiger partial charge in [0, 0.05) is 26.7 Å². The van der Waals surface area contributed by atoms with Crippen molar-refractivity contribution < 1.29 is 23.1 Å². The van der Waals surface area contributed by atoms with Crippen molar-refractivity contribution in [3.05, 3.63) is 89.6 Å². The van der Waals surface area contributed by atoms with Crippen LogP contribution in [0.25, 0.3) is 0 Å². The van der Waals surface area contributed by atoms with Crippen molar-refractivity contribution in [3.8, 4) is 0 Å². The second kappa shape index (κ2) is 10.4. The van der Waals surface area contributed by atoms with Crippen LogP contribution in [0.15, 0.2) is 71.3 Å². The van der Waals surface area contributed by atoms with E-state index >= 15 is 0 Å². The summed E-state index contributed by atoms with van der Waals surface area (Å²) in [4.78, 5) is 29.5. The van der Waals surface area contributed by atoms with Gasteiger partial charge in [0.25, 0.3) is 11.8 Å². The van der Waals surface area contributed by atoms with E-state index in [-0.39, 0.29) is 36.0 Å². The Kier molecular flexibility index (Phi) is 7.16. The topological polar surface area (TPSA) is 75.0 Å². The fraction of sp³-hybridized carbons (Fsp3) is 0.280. The van der Waals surface area contributed by atoms with Gasteiger partial charge in [0.05, 0.1) is 36.8 Å². The van der Waals surface area contributed by atoms with Gasteiger partial charge in [0.1, 0.15) is 5.82 Å². The highest BCUT2D eigenvalue weighted by molar-refractivity contribution is 6.09. The van der Waals surface area contributed by atoms with Crippen LogP contribution in [-0.4, -0.2) is 56.6 Å². The molecule has 33 heavy (non-hydrogen) atoms. The van der Waals surface area contributed by atoms with E-state index in [4.69, 9.17) is 9.15 Å². The van der Waals surface area contributed by atoms with Crippen LogP contribution in [0, 0.1) is 5.82 Å². The first kappa shape index (κ1) is 22.7. The first-order valence-electron chi connectivity index (χ1n) is 10.8. The fourth-order valence-electron chi connectivity index (χ4n) is 3.98. The lowest BCUT2D eigenvalue weighted by Crippen LogP contribution is -2.44. The van der Waals surface area contributed by atoms with Crippen LogP contribution in [0.1, 0.15) is 32.5 Å². The number of carbonyl (C=O) groups is 2. The van der Waals surface area contributed by atoms with Crippen molar-refractivity contribution in [1.82, 2.24) is 10.2 Å². The standard InChI is InChI=1S/C25H26FN3O4/c1-28(25(31)23-10-5-13-33-23)21-9-3-2-8-20(21)24(30)27-17-22(29-11-14-32-15-12-29)18-6-4-7-19(26)16-18/h2-10,13,16,22H,11-12,14-15,17H2,1H3,(H,27,30). The van der Waals surface area contributed by atoms with Crippen LogP contribution >= 0.6 is 0 Å². The lowest BCUT2D eigenvalue weighted by atomic mass is 10.0. The number of nitrogens with zero attached hydrogens (tertiary/aromatic N) is 2. The molecule has 7 nitrogen and oxygen atoms in total. The Hall–Kier alpha value is -3.49. The van der Waals surface area contributed by atoms with Crippen molar-refractivity contribution in [2.24, 2.45) is 0 Å². The number of furan rings is 1. The molecule has 2 aromatic carbocycles. The number of rotatable bonds is 7. The zero-order valence-corrected chi connectivity index (χ0v) is 18.4. The Morgan fingerprint density at radius 1 is 1.09 bits per heavy atom. The molecule has 1 aliphatic heterocycles. The van der Waals surface area contributed by atoms with E-state index in [0.717, 1.165) is 5.56 Å². The van der Waals surface area contributed by atoms with Crippen LogP contribution in [0.5, 0.6) is 0 Å². The summed E-state index contributed by atoms with van der Waals surface area (Å²) in [6.45, 7) is 2.83. The Balaban J connectivity index is 1.53. The molecule has 172 valence electrons. The molecule has 1 fully saturated rings. The van der Waals surface area contributed by atoms with E-state index in [0.29, 0.717) is 37.6 Å². The van der Waals surface area contributed by atoms with Crippen molar-refractivity contribution in [1.29, 1.82) is 0 Å². The normalized spacial score (nSPS) is 15.1. The summed E-state index contributed by atoms with van der Waals surface area (Å²) in [6.07, 6.45) is 1.43. The molecular formula is C25H26FN3O4. The number of para-hydroxylation sites is 1. The van der Waals surface area contributed by atoms with Gasteiger partial charge in [0.2, 0.25) is 0 Å². The summed E-state index contributed by atoms with van der Waals surface area (Å²) < 4.78 is 24.6. The predicted molar refractivity (Wildman–Crippen MR) is 122 cm³/mol. The zero-order valence-electron chi connectivity index (χ0n) is 18.4. The number of halogens is 1. The zero-order chi connectivity index (χ0) is 23.2. The van der Waals surface area contributed by atoms with Gasteiger partial charge in [-0.15, -0.1) is 0 Å². The van der Waals surface area contributed by atoms with Crippen LogP contribution in [0.3, 0.4) is 0 Å². The molecule has 1 N–H and O–H groups in total. The highest BCUT2D eigenvalue weighted by atomic mass is 19.1. The molecule has 3 aromatic rings. The van der Waals surface area contributed by atoms with Gasteiger partial charge in [-0.2, -0.15) is 0 Å². The Morgan fingerprint density at radius 2 is 1.88 bits per heavy atom. The summed E-state index contributed by atoms with van der Waals surface area (Å²) in [7, 11) is 1.60. The van der Waals surface area contributed by atoms with Crippen molar-refractivity contribution >= 4 is 17.5 Å². The summed E-state index contributed by atoms with van der Waals surface area (Å²) in [5, 5.41) is 2.98. The molecular weight excluding hydrogens is 425 g/mol. The average molecular weight is 451 g/mol. The molecule has 2 amide bonds. The van der Waals surface area contributed by atoms with E-state index in [1.54, 1.807) is 49.5 Å². The summed E-state index contributed by atoms with van der Waals surface area (Å²) >= 11 is 0. The van der Waals surface area contributed by atoms with Gasteiger partial charge in [-0.25, -0.2) is 4.39 Å². The second-order valence-electron chi connectivity index (χ2n) is 7.79. The SMILES string of the molecule is CN(C(=O)c1ccco1)c1ccccc1C(=O)NCC(c1cccc(F)c1)N1CCOCC1. The number of nitrogens with one attached hydrogen (secondary N) is 1. The molecule has 1 aliphatic rings. The van der Waals surface area contributed by atoms with Gasteiger partial charge < -0.3 is 19.4 Å². The third-order valence-corrected chi connectivity index (χ3v) is 5.72. The maximum absolute atomic E-state index is 13.9.